The third-order valence-electron chi connectivity index (χ3n) is 16.3. The second-order valence-corrected chi connectivity index (χ2v) is 20.2. The average molecular weight is 718 g/mol. The Balaban J connectivity index is 1.26. The Labute approximate surface area is 313 Å². The first-order valence-electron chi connectivity index (χ1n) is 20.3. The van der Waals surface area contributed by atoms with Gasteiger partial charge in [0.05, 0.1) is 17.9 Å². The lowest BCUT2D eigenvalue weighted by Crippen LogP contribution is -2.66. The number of esters is 1. The van der Waals surface area contributed by atoms with Crippen molar-refractivity contribution in [2.24, 2.45) is 56.2 Å². The molecule has 5 aliphatic rings. The van der Waals surface area contributed by atoms with E-state index < -0.39 is 28.9 Å². The van der Waals surface area contributed by atoms with Gasteiger partial charge in [-0.05, 0) is 123 Å². The molecule has 0 spiro atoms. The van der Waals surface area contributed by atoms with Crippen molar-refractivity contribution in [3.05, 3.63) is 46.5 Å². The standard InChI is InChI=1S/C45H67NO6/c1-27(2)37-31(47)23-45(34(48)26-46-25-29-13-11-28(3)12-14-29)22-21-43(9)30(38(37)45)15-16-33-42(8)19-18-35(52-36(49)24-40(4,5)39(50)51)41(6,7)32(42)17-20-44(33,43)10/h11-14,27,30,32-35,46,48H,15-26H2,1-10H3,(H,50,51)/t30-,32+,33-,34+,35+,42+,43-,44-,45+/m1/s1. The monoisotopic (exact) mass is 717 g/mol. The minimum absolute atomic E-state index is 0.00158. The molecule has 7 nitrogen and oxygen atoms in total. The van der Waals surface area contributed by atoms with Crippen LogP contribution in [0.15, 0.2) is 35.4 Å². The van der Waals surface area contributed by atoms with E-state index in [2.05, 4.69) is 85.0 Å². The number of carbonyl (C=O) groups is 3. The molecule has 1 aromatic rings. The first kappa shape index (κ1) is 39.2. The van der Waals surface area contributed by atoms with Crippen molar-refractivity contribution in [3.8, 4) is 0 Å². The third-order valence-corrected chi connectivity index (χ3v) is 16.3. The fourth-order valence-electron chi connectivity index (χ4n) is 13.2. The molecule has 0 amide bonds. The molecule has 4 saturated carbocycles. The van der Waals surface area contributed by atoms with Crippen molar-refractivity contribution < 1.29 is 29.3 Å². The predicted molar refractivity (Wildman–Crippen MR) is 204 cm³/mol. The van der Waals surface area contributed by atoms with Gasteiger partial charge in [-0.1, -0.05) is 83.9 Å². The topological polar surface area (TPSA) is 113 Å². The van der Waals surface area contributed by atoms with Crippen LogP contribution in [0.2, 0.25) is 0 Å². The van der Waals surface area contributed by atoms with E-state index in [1.54, 1.807) is 13.8 Å². The highest BCUT2D eigenvalue weighted by molar-refractivity contribution is 6.00. The molecule has 0 aromatic heterocycles. The molecule has 7 heteroatoms. The molecule has 0 aliphatic heterocycles. The van der Waals surface area contributed by atoms with Crippen molar-refractivity contribution in [2.45, 2.75) is 152 Å². The lowest BCUT2D eigenvalue weighted by molar-refractivity contribution is -0.235. The van der Waals surface area contributed by atoms with Crippen LogP contribution in [-0.2, 0) is 25.7 Å². The number of rotatable bonds is 10. The summed E-state index contributed by atoms with van der Waals surface area (Å²) in [7, 11) is 0. The maximum Gasteiger partial charge on any atom is 0.309 e. The van der Waals surface area contributed by atoms with Crippen molar-refractivity contribution in [1.82, 2.24) is 5.32 Å². The van der Waals surface area contributed by atoms with Crippen molar-refractivity contribution in [2.75, 3.05) is 6.54 Å². The van der Waals surface area contributed by atoms with E-state index in [1.165, 1.54) is 16.7 Å². The van der Waals surface area contributed by atoms with E-state index in [0.29, 0.717) is 31.3 Å². The Morgan fingerprint density at radius 3 is 2.23 bits per heavy atom. The summed E-state index contributed by atoms with van der Waals surface area (Å²) in [5.41, 5.74) is 2.96. The molecule has 288 valence electrons. The normalized spacial score (nSPS) is 37.5. The molecule has 0 saturated heterocycles. The lowest BCUT2D eigenvalue weighted by Gasteiger charge is -2.72. The minimum Gasteiger partial charge on any atom is -0.481 e. The molecule has 3 N–H and O–H groups in total. The molecule has 0 bridgehead atoms. The molecule has 0 unspecified atom stereocenters. The predicted octanol–water partition coefficient (Wildman–Crippen LogP) is 8.84. The Bertz CT molecular complexity index is 1610. The van der Waals surface area contributed by atoms with E-state index in [-0.39, 0.29) is 51.8 Å². The lowest BCUT2D eigenvalue weighted by atomic mass is 9.33. The van der Waals surface area contributed by atoms with E-state index in [4.69, 9.17) is 4.74 Å². The number of Topliss-reactive ketones (excluding diaryl/α,β-unsaturated/α-hetero) is 1. The number of allylic oxidation sites excluding steroid dienone is 1. The smallest absolute Gasteiger partial charge is 0.309 e. The number of benzene rings is 1. The van der Waals surface area contributed by atoms with Gasteiger partial charge >= 0.3 is 11.9 Å². The number of aryl methyl sites for hydroxylation is 1. The molecule has 6 rings (SSSR count). The van der Waals surface area contributed by atoms with E-state index in [0.717, 1.165) is 56.9 Å². The summed E-state index contributed by atoms with van der Waals surface area (Å²) in [6.07, 6.45) is 7.31. The van der Waals surface area contributed by atoms with Crippen LogP contribution in [0.25, 0.3) is 0 Å². The zero-order chi connectivity index (χ0) is 38.2. The number of fused-ring (bicyclic) bond motifs is 7. The van der Waals surface area contributed by atoms with Gasteiger partial charge in [0.25, 0.3) is 0 Å². The fourth-order valence-corrected chi connectivity index (χ4v) is 13.2. The van der Waals surface area contributed by atoms with E-state index in [9.17, 15) is 24.6 Å². The summed E-state index contributed by atoms with van der Waals surface area (Å²) in [4.78, 5) is 38.9. The molecular formula is C45H67NO6. The zero-order valence-electron chi connectivity index (χ0n) is 33.8. The van der Waals surface area contributed by atoms with E-state index >= 15 is 0 Å². The van der Waals surface area contributed by atoms with Crippen LogP contribution in [0, 0.1) is 63.1 Å². The maximum absolute atomic E-state index is 14.0. The Morgan fingerprint density at radius 2 is 1.60 bits per heavy atom. The van der Waals surface area contributed by atoms with Gasteiger partial charge in [0.1, 0.15) is 6.10 Å². The van der Waals surface area contributed by atoms with Gasteiger partial charge in [0.2, 0.25) is 0 Å². The summed E-state index contributed by atoms with van der Waals surface area (Å²) >= 11 is 0. The van der Waals surface area contributed by atoms with Crippen LogP contribution in [0.5, 0.6) is 0 Å². The maximum atomic E-state index is 14.0. The van der Waals surface area contributed by atoms with Gasteiger partial charge in [-0.15, -0.1) is 0 Å². The van der Waals surface area contributed by atoms with Crippen LogP contribution in [0.1, 0.15) is 138 Å². The third kappa shape index (κ3) is 6.03. The molecule has 1 aromatic carbocycles. The number of carboxylic acid groups (broad SMARTS) is 1. The number of nitrogens with one attached hydrogen (secondary N) is 1. The van der Waals surface area contributed by atoms with Crippen LogP contribution >= 0.6 is 0 Å². The zero-order valence-corrected chi connectivity index (χ0v) is 33.8. The first-order valence-corrected chi connectivity index (χ1v) is 20.3. The summed E-state index contributed by atoms with van der Waals surface area (Å²) in [6.45, 7) is 22.9. The molecule has 0 radical (unpaired) electrons. The summed E-state index contributed by atoms with van der Waals surface area (Å²) in [5, 5.41) is 25.3. The number of carboxylic acids is 1. The molecule has 52 heavy (non-hydrogen) atoms. The number of aliphatic carboxylic acids is 1. The largest absolute Gasteiger partial charge is 0.481 e. The van der Waals surface area contributed by atoms with E-state index in [1.807, 2.05) is 0 Å². The number of hydrogen-bond acceptors (Lipinski definition) is 6. The van der Waals surface area contributed by atoms with Crippen molar-refractivity contribution in [1.29, 1.82) is 0 Å². The van der Waals surface area contributed by atoms with Crippen LogP contribution in [0.3, 0.4) is 0 Å². The Kier molecular flexibility index (Phi) is 10.1. The highest BCUT2D eigenvalue weighted by atomic mass is 16.5. The number of aliphatic hydroxyl groups excluding tert-OH is 1. The fraction of sp³-hybridized carbons (Fsp3) is 0.756. The molecular weight excluding hydrogens is 650 g/mol. The van der Waals surface area contributed by atoms with Crippen LogP contribution < -0.4 is 5.32 Å². The minimum atomic E-state index is -1.16. The summed E-state index contributed by atoms with van der Waals surface area (Å²) in [6, 6.07) is 8.52. The average Bonchev–Trinajstić information content (AvgIpc) is 3.36. The second kappa shape index (κ2) is 13.4. The van der Waals surface area contributed by atoms with Crippen molar-refractivity contribution >= 4 is 17.7 Å². The molecule has 4 fully saturated rings. The number of hydrogen-bond donors (Lipinski definition) is 3. The van der Waals surface area contributed by atoms with Gasteiger partial charge in [-0.25, -0.2) is 0 Å². The summed E-state index contributed by atoms with van der Waals surface area (Å²) in [5.74, 6) is 0.102. The number of aliphatic hydroxyl groups is 1. The van der Waals surface area contributed by atoms with Crippen molar-refractivity contribution in [3.63, 3.8) is 0 Å². The Hall–Kier alpha value is -2.51. The van der Waals surface area contributed by atoms with Crippen LogP contribution in [0.4, 0.5) is 0 Å². The molecule has 5 aliphatic carbocycles. The summed E-state index contributed by atoms with van der Waals surface area (Å²) < 4.78 is 6.17. The highest BCUT2D eigenvalue weighted by Crippen LogP contribution is 2.77. The number of ether oxygens (including phenoxy) is 1. The Morgan fingerprint density at radius 1 is 0.923 bits per heavy atom. The highest BCUT2D eigenvalue weighted by Gasteiger charge is 2.70. The SMILES string of the molecule is Cc1ccc(CNC[C@H](O)[C@@]23CC[C@]4(C)[C@H](CC[C@@H]5[C@@]6(C)CC[C@H](OC(=O)CC(C)(C)C(=O)O)C(C)(C)[C@@H]6CC[C@]54C)C2=C(C(C)C)C(=O)C3)cc1. The first-order chi connectivity index (χ1) is 24.1. The number of ketones is 1. The van der Waals surface area contributed by atoms with Gasteiger partial charge in [-0.2, -0.15) is 0 Å². The quantitative estimate of drug-likeness (QED) is 0.207. The van der Waals surface area contributed by atoms with Gasteiger partial charge in [0, 0.05) is 30.3 Å². The molecule has 0 heterocycles. The van der Waals surface area contributed by atoms with Gasteiger partial charge < -0.3 is 20.3 Å². The van der Waals surface area contributed by atoms with Gasteiger partial charge in [-0.3, -0.25) is 14.4 Å². The van der Waals surface area contributed by atoms with Crippen LogP contribution in [-0.4, -0.2) is 46.7 Å². The van der Waals surface area contributed by atoms with Gasteiger partial charge in [0.15, 0.2) is 5.78 Å². The second-order valence-electron chi connectivity index (χ2n) is 20.2. The number of carbonyl (C=O) groups excluding carboxylic acids is 2. The molecule has 9 atom stereocenters.